The fourth-order valence-electron chi connectivity index (χ4n) is 4.32. The Balaban J connectivity index is 1.66. The van der Waals surface area contributed by atoms with Crippen LogP contribution in [0, 0.1) is 19.8 Å². The number of carbonyl (C=O) groups is 1. The summed E-state index contributed by atoms with van der Waals surface area (Å²) < 4.78 is 7.15. The molecule has 2 heterocycles. The highest BCUT2D eigenvalue weighted by Gasteiger charge is 2.40. The van der Waals surface area contributed by atoms with Crippen molar-refractivity contribution < 1.29 is 9.53 Å². The van der Waals surface area contributed by atoms with Crippen LogP contribution in [0.2, 0.25) is 0 Å². The van der Waals surface area contributed by atoms with E-state index in [2.05, 4.69) is 36.4 Å². The number of hydrogen-bond donors (Lipinski definition) is 1. The lowest BCUT2D eigenvalue weighted by molar-refractivity contribution is -0.127. The molecule has 1 amide bonds. The summed E-state index contributed by atoms with van der Waals surface area (Å²) in [5.74, 6) is 1.73. The van der Waals surface area contributed by atoms with E-state index in [4.69, 9.17) is 4.74 Å². The Kier molecular flexibility index (Phi) is 6.08. The Bertz CT molecular complexity index is 828. The highest BCUT2D eigenvalue weighted by atomic mass is 16.5. The Morgan fingerprint density at radius 3 is 2.50 bits per heavy atom. The second-order valence-electron chi connectivity index (χ2n) is 7.95. The molecule has 1 saturated heterocycles. The second kappa shape index (κ2) is 8.35. The van der Waals surface area contributed by atoms with Crippen LogP contribution in [-0.2, 0) is 11.8 Å². The van der Waals surface area contributed by atoms with Gasteiger partial charge in [-0.1, -0.05) is 19.1 Å². The maximum Gasteiger partial charge on any atom is 0.223 e. The SMILES string of the molecule is COc1ccc(C(C)CNC[C@@H]2CC(=O)N(C)[C@H]2c2c(C)nn(C)c2C)cc1. The van der Waals surface area contributed by atoms with Crippen LogP contribution in [0.25, 0.3) is 0 Å². The minimum Gasteiger partial charge on any atom is -0.497 e. The third kappa shape index (κ3) is 3.92. The molecule has 1 aromatic heterocycles. The van der Waals surface area contributed by atoms with Gasteiger partial charge in [-0.2, -0.15) is 5.10 Å². The Morgan fingerprint density at radius 1 is 1.25 bits per heavy atom. The molecule has 1 aromatic carbocycles. The van der Waals surface area contributed by atoms with Crippen LogP contribution >= 0.6 is 0 Å². The molecule has 1 aliphatic rings. The molecular formula is C22H32N4O2. The first-order valence-corrected chi connectivity index (χ1v) is 9.93. The van der Waals surface area contributed by atoms with Gasteiger partial charge >= 0.3 is 0 Å². The highest BCUT2D eigenvalue weighted by molar-refractivity contribution is 5.79. The molecule has 0 bridgehead atoms. The summed E-state index contributed by atoms with van der Waals surface area (Å²) in [6, 6.07) is 8.32. The smallest absolute Gasteiger partial charge is 0.223 e. The predicted octanol–water partition coefficient (Wildman–Crippen LogP) is 2.96. The monoisotopic (exact) mass is 384 g/mol. The van der Waals surface area contributed by atoms with Crippen molar-refractivity contribution in [3.8, 4) is 5.75 Å². The zero-order chi connectivity index (χ0) is 20.4. The molecule has 3 atom stereocenters. The van der Waals surface area contributed by atoms with Crippen LogP contribution in [0.15, 0.2) is 24.3 Å². The highest BCUT2D eigenvalue weighted by Crippen LogP contribution is 2.39. The minimum absolute atomic E-state index is 0.0880. The number of hydrogen-bond acceptors (Lipinski definition) is 4. The van der Waals surface area contributed by atoms with E-state index in [1.54, 1.807) is 7.11 Å². The number of amides is 1. The zero-order valence-electron chi connectivity index (χ0n) is 17.8. The number of rotatable bonds is 7. The number of likely N-dealkylation sites (tertiary alicyclic amines) is 1. The fraction of sp³-hybridized carbons (Fsp3) is 0.545. The van der Waals surface area contributed by atoms with Crippen LogP contribution < -0.4 is 10.1 Å². The number of carbonyl (C=O) groups excluding carboxylic acids is 1. The molecule has 1 fully saturated rings. The average molecular weight is 385 g/mol. The molecule has 1 unspecified atom stereocenters. The number of aryl methyl sites for hydroxylation is 2. The number of benzene rings is 1. The third-order valence-corrected chi connectivity index (χ3v) is 6.10. The second-order valence-corrected chi connectivity index (χ2v) is 7.95. The Labute approximate surface area is 167 Å². The van der Waals surface area contributed by atoms with Gasteiger partial charge in [-0.25, -0.2) is 0 Å². The normalized spacial score (nSPS) is 20.6. The van der Waals surface area contributed by atoms with Crippen LogP contribution in [-0.4, -0.2) is 47.8 Å². The summed E-state index contributed by atoms with van der Waals surface area (Å²) in [5.41, 5.74) is 4.64. The molecule has 6 nitrogen and oxygen atoms in total. The van der Waals surface area contributed by atoms with E-state index in [1.165, 1.54) is 11.1 Å². The first kappa shape index (κ1) is 20.4. The minimum atomic E-state index is 0.0880. The Hall–Kier alpha value is -2.34. The van der Waals surface area contributed by atoms with Gasteiger partial charge in [-0.3, -0.25) is 9.48 Å². The van der Waals surface area contributed by atoms with Gasteiger partial charge in [0.15, 0.2) is 0 Å². The topological polar surface area (TPSA) is 59.4 Å². The van der Waals surface area contributed by atoms with Crippen molar-refractivity contribution in [2.45, 2.75) is 39.2 Å². The van der Waals surface area contributed by atoms with E-state index in [-0.39, 0.29) is 17.9 Å². The van der Waals surface area contributed by atoms with Crippen molar-refractivity contribution in [1.29, 1.82) is 0 Å². The molecule has 1 N–H and O–H groups in total. The molecule has 6 heteroatoms. The molecule has 0 spiro atoms. The lowest BCUT2D eigenvalue weighted by Gasteiger charge is -2.26. The molecule has 0 radical (unpaired) electrons. The average Bonchev–Trinajstić information content (AvgIpc) is 3.09. The summed E-state index contributed by atoms with van der Waals surface area (Å²) in [5, 5.41) is 8.16. The lowest BCUT2D eigenvalue weighted by atomic mass is 9.92. The number of nitrogens with one attached hydrogen (secondary N) is 1. The van der Waals surface area contributed by atoms with Crippen LogP contribution in [0.5, 0.6) is 5.75 Å². The summed E-state index contributed by atoms with van der Waals surface area (Å²) in [4.78, 5) is 14.3. The van der Waals surface area contributed by atoms with Crippen molar-refractivity contribution in [2.24, 2.45) is 13.0 Å². The van der Waals surface area contributed by atoms with Gasteiger partial charge < -0.3 is 15.0 Å². The quantitative estimate of drug-likeness (QED) is 0.797. The summed E-state index contributed by atoms with van der Waals surface area (Å²) in [6.45, 7) is 8.03. The van der Waals surface area contributed by atoms with Gasteiger partial charge in [0, 0.05) is 50.8 Å². The van der Waals surface area contributed by atoms with Crippen molar-refractivity contribution in [2.75, 3.05) is 27.2 Å². The van der Waals surface area contributed by atoms with Gasteiger partial charge in [-0.05, 0) is 37.5 Å². The van der Waals surface area contributed by atoms with Crippen molar-refractivity contribution in [3.63, 3.8) is 0 Å². The fourth-order valence-corrected chi connectivity index (χ4v) is 4.32. The summed E-state index contributed by atoms with van der Waals surface area (Å²) >= 11 is 0. The van der Waals surface area contributed by atoms with Crippen LogP contribution in [0.3, 0.4) is 0 Å². The Morgan fingerprint density at radius 2 is 1.93 bits per heavy atom. The number of ether oxygens (including phenoxy) is 1. The van der Waals surface area contributed by atoms with Gasteiger partial charge in [0.25, 0.3) is 0 Å². The van der Waals surface area contributed by atoms with Gasteiger partial charge in [0.1, 0.15) is 5.75 Å². The van der Waals surface area contributed by atoms with Crippen LogP contribution in [0.4, 0.5) is 0 Å². The molecule has 3 rings (SSSR count). The van der Waals surface area contributed by atoms with E-state index < -0.39 is 0 Å². The van der Waals surface area contributed by atoms with E-state index in [0.717, 1.165) is 30.2 Å². The van der Waals surface area contributed by atoms with E-state index in [9.17, 15) is 4.79 Å². The molecule has 2 aromatic rings. The number of aromatic nitrogens is 2. The van der Waals surface area contributed by atoms with Gasteiger partial charge in [0.2, 0.25) is 5.91 Å². The van der Waals surface area contributed by atoms with E-state index >= 15 is 0 Å². The lowest BCUT2D eigenvalue weighted by Crippen LogP contribution is -2.31. The first-order chi connectivity index (χ1) is 13.3. The van der Waals surface area contributed by atoms with Crippen molar-refractivity contribution in [1.82, 2.24) is 20.0 Å². The maximum absolute atomic E-state index is 12.4. The third-order valence-electron chi connectivity index (χ3n) is 6.10. The summed E-state index contributed by atoms with van der Waals surface area (Å²) in [7, 11) is 5.56. The molecular weight excluding hydrogens is 352 g/mol. The number of nitrogens with zero attached hydrogens (tertiary/aromatic N) is 3. The standard InChI is InChI=1S/C22H32N4O2/c1-14(17-7-9-19(28-6)10-8-17)12-23-13-18-11-20(27)25(4)22(18)21-15(2)24-26(5)16(21)3/h7-10,14,18,22-23H,11-13H2,1-6H3/t14?,18-,22+/m0/s1. The number of methoxy groups -OCH3 is 1. The van der Waals surface area contributed by atoms with E-state index in [1.807, 2.05) is 42.7 Å². The maximum atomic E-state index is 12.4. The largest absolute Gasteiger partial charge is 0.497 e. The van der Waals surface area contributed by atoms with Gasteiger partial charge in [0.05, 0.1) is 18.8 Å². The molecule has 0 saturated carbocycles. The summed E-state index contributed by atoms with van der Waals surface area (Å²) in [6.07, 6.45) is 0.582. The van der Waals surface area contributed by atoms with Gasteiger partial charge in [-0.15, -0.1) is 0 Å². The zero-order valence-corrected chi connectivity index (χ0v) is 17.8. The molecule has 152 valence electrons. The van der Waals surface area contributed by atoms with Crippen molar-refractivity contribution >= 4 is 5.91 Å². The predicted molar refractivity (Wildman–Crippen MR) is 111 cm³/mol. The van der Waals surface area contributed by atoms with E-state index in [0.29, 0.717) is 12.3 Å². The molecule has 0 aliphatic carbocycles. The first-order valence-electron chi connectivity index (χ1n) is 9.93. The van der Waals surface area contributed by atoms with Crippen LogP contribution in [0.1, 0.15) is 47.8 Å². The molecule has 28 heavy (non-hydrogen) atoms. The molecule has 1 aliphatic heterocycles. The van der Waals surface area contributed by atoms with Crippen molar-refractivity contribution in [3.05, 3.63) is 46.8 Å².